The second-order valence-electron chi connectivity index (χ2n) is 4.77. The minimum Gasteiger partial charge on any atom is -0.390 e. The van der Waals surface area contributed by atoms with Crippen LogP contribution in [0.2, 0.25) is 0 Å². The first-order chi connectivity index (χ1) is 8.26. The number of carbonyl (C=O) groups excluding carboxylic acids is 2. The van der Waals surface area contributed by atoms with Crippen LogP contribution in [0.5, 0.6) is 0 Å². The third-order valence-electron chi connectivity index (χ3n) is 2.91. The molecule has 0 aromatic rings. The minimum absolute atomic E-state index is 0.00539. The van der Waals surface area contributed by atoms with Crippen molar-refractivity contribution in [1.82, 2.24) is 10.2 Å². The van der Waals surface area contributed by atoms with E-state index >= 15 is 0 Å². The lowest BCUT2D eigenvalue weighted by Gasteiger charge is -2.21. The molecular formula is C11H18F2N2O3. The van der Waals surface area contributed by atoms with Crippen molar-refractivity contribution >= 4 is 11.8 Å². The smallest absolute Gasteiger partial charge is 0.287 e. The highest BCUT2D eigenvalue weighted by molar-refractivity contribution is 5.89. The summed E-state index contributed by atoms with van der Waals surface area (Å²) < 4.78 is 25.5. The molecule has 0 aliphatic carbocycles. The molecule has 1 aliphatic rings. The van der Waals surface area contributed by atoms with Gasteiger partial charge in [-0.2, -0.15) is 0 Å². The first kappa shape index (κ1) is 14.8. The van der Waals surface area contributed by atoms with E-state index < -0.39 is 30.9 Å². The number of nitrogens with zero attached hydrogens (tertiary/aromatic N) is 1. The summed E-state index contributed by atoms with van der Waals surface area (Å²) in [6.45, 7) is 1.70. The van der Waals surface area contributed by atoms with E-state index in [0.29, 0.717) is 0 Å². The van der Waals surface area contributed by atoms with Crippen LogP contribution in [0.25, 0.3) is 0 Å². The van der Waals surface area contributed by atoms with E-state index in [1.807, 2.05) is 13.8 Å². The number of hydrogen-bond donors (Lipinski definition) is 2. The molecule has 0 aromatic heterocycles. The highest BCUT2D eigenvalue weighted by Crippen LogP contribution is 2.20. The van der Waals surface area contributed by atoms with Gasteiger partial charge in [0.1, 0.15) is 6.61 Å². The second kappa shape index (κ2) is 5.60. The summed E-state index contributed by atoms with van der Waals surface area (Å²) in [4.78, 5) is 24.7. The van der Waals surface area contributed by atoms with Gasteiger partial charge in [0.05, 0.1) is 12.5 Å². The predicted molar refractivity (Wildman–Crippen MR) is 60.0 cm³/mol. The van der Waals surface area contributed by atoms with Crippen molar-refractivity contribution in [3.63, 3.8) is 0 Å². The van der Waals surface area contributed by atoms with Crippen LogP contribution in [0.4, 0.5) is 8.78 Å². The molecule has 0 saturated carbocycles. The summed E-state index contributed by atoms with van der Waals surface area (Å²) in [5.74, 6) is -4.62. The van der Waals surface area contributed by atoms with Crippen molar-refractivity contribution in [2.45, 2.75) is 32.2 Å². The maximum absolute atomic E-state index is 12.7. The first-order valence-corrected chi connectivity index (χ1v) is 5.82. The molecule has 104 valence electrons. The largest absolute Gasteiger partial charge is 0.390 e. The summed E-state index contributed by atoms with van der Waals surface area (Å²) in [5, 5.41) is 10.4. The lowest BCUT2D eigenvalue weighted by atomic mass is 10.1. The molecule has 1 fully saturated rings. The third kappa shape index (κ3) is 3.63. The van der Waals surface area contributed by atoms with Gasteiger partial charge < -0.3 is 15.3 Å². The van der Waals surface area contributed by atoms with Crippen LogP contribution in [0, 0.1) is 5.92 Å². The van der Waals surface area contributed by atoms with Crippen LogP contribution < -0.4 is 5.32 Å². The molecule has 1 heterocycles. The fraction of sp³-hybridized carbons (Fsp3) is 0.818. The SMILES string of the molecule is CC(C)N1CC(C(=O)NCC(F)(F)CO)CC1=O. The van der Waals surface area contributed by atoms with Crippen LogP contribution in [-0.2, 0) is 9.59 Å². The molecule has 0 bridgehead atoms. The van der Waals surface area contributed by atoms with Crippen LogP contribution in [0.3, 0.4) is 0 Å². The molecule has 18 heavy (non-hydrogen) atoms. The molecule has 0 spiro atoms. The van der Waals surface area contributed by atoms with Gasteiger partial charge in [-0.3, -0.25) is 9.59 Å². The average molecular weight is 264 g/mol. The molecule has 0 aromatic carbocycles. The normalized spacial score (nSPS) is 20.7. The predicted octanol–water partition coefficient (Wildman–Crippen LogP) is -0.0129. The Bertz CT molecular complexity index is 334. The summed E-state index contributed by atoms with van der Waals surface area (Å²) in [5.41, 5.74) is 0. The Morgan fingerprint density at radius 1 is 1.61 bits per heavy atom. The Morgan fingerprint density at radius 2 is 2.22 bits per heavy atom. The fourth-order valence-corrected chi connectivity index (χ4v) is 1.82. The van der Waals surface area contributed by atoms with Gasteiger partial charge in [-0.1, -0.05) is 0 Å². The number of aliphatic hydroxyl groups is 1. The number of carbonyl (C=O) groups is 2. The Hall–Kier alpha value is -1.24. The van der Waals surface area contributed by atoms with Gasteiger partial charge in [-0.25, -0.2) is 8.78 Å². The van der Waals surface area contributed by atoms with Gasteiger partial charge in [0, 0.05) is 19.0 Å². The van der Waals surface area contributed by atoms with Gasteiger partial charge in [0.25, 0.3) is 5.92 Å². The number of alkyl halides is 2. The zero-order chi connectivity index (χ0) is 13.9. The molecule has 1 aliphatic heterocycles. The van der Waals surface area contributed by atoms with Crippen molar-refractivity contribution in [2.75, 3.05) is 19.7 Å². The number of hydrogen-bond acceptors (Lipinski definition) is 3. The number of rotatable bonds is 5. The molecule has 5 nitrogen and oxygen atoms in total. The van der Waals surface area contributed by atoms with Gasteiger partial charge in [0.2, 0.25) is 11.8 Å². The maximum Gasteiger partial charge on any atom is 0.287 e. The Labute approximate surface area is 104 Å². The van der Waals surface area contributed by atoms with Crippen LogP contribution in [0.1, 0.15) is 20.3 Å². The van der Waals surface area contributed by atoms with E-state index in [1.165, 1.54) is 0 Å². The highest BCUT2D eigenvalue weighted by atomic mass is 19.3. The van der Waals surface area contributed by atoms with Crippen LogP contribution >= 0.6 is 0 Å². The average Bonchev–Trinajstić information content (AvgIpc) is 2.68. The second-order valence-corrected chi connectivity index (χ2v) is 4.77. The molecule has 1 atom stereocenters. The topological polar surface area (TPSA) is 69.6 Å². The van der Waals surface area contributed by atoms with Gasteiger partial charge >= 0.3 is 0 Å². The summed E-state index contributed by atoms with van der Waals surface area (Å²) in [6, 6.07) is -0.00539. The third-order valence-corrected chi connectivity index (χ3v) is 2.91. The molecular weight excluding hydrogens is 246 g/mol. The highest BCUT2D eigenvalue weighted by Gasteiger charge is 2.37. The number of nitrogens with one attached hydrogen (secondary N) is 1. The van der Waals surface area contributed by atoms with Gasteiger partial charge in [-0.15, -0.1) is 0 Å². The molecule has 1 saturated heterocycles. The van der Waals surface area contributed by atoms with E-state index in [2.05, 4.69) is 5.32 Å². The summed E-state index contributed by atoms with van der Waals surface area (Å²) >= 11 is 0. The van der Waals surface area contributed by atoms with Crippen molar-refractivity contribution < 1.29 is 23.5 Å². The molecule has 0 radical (unpaired) electrons. The van der Waals surface area contributed by atoms with E-state index in [-0.39, 0.29) is 24.9 Å². The quantitative estimate of drug-likeness (QED) is 0.733. The molecule has 1 unspecified atom stereocenters. The monoisotopic (exact) mass is 264 g/mol. The lowest BCUT2D eigenvalue weighted by Crippen LogP contribution is -2.42. The summed E-state index contributed by atoms with van der Waals surface area (Å²) in [7, 11) is 0. The first-order valence-electron chi connectivity index (χ1n) is 5.82. The van der Waals surface area contributed by atoms with Gasteiger partial charge in [0.15, 0.2) is 0 Å². The van der Waals surface area contributed by atoms with E-state index in [9.17, 15) is 18.4 Å². The van der Waals surface area contributed by atoms with Crippen molar-refractivity contribution in [3.8, 4) is 0 Å². The fourth-order valence-electron chi connectivity index (χ4n) is 1.82. The van der Waals surface area contributed by atoms with Crippen molar-refractivity contribution in [3.05, 3.63) is 0 Å². The standard InChI is InChI=1S/C11H18F2N2O3/c1-7(2)15-4-8(3-9(15)17)10(18)14-5-11(12,13)6-16/h7-8,16H,3-6H2,1-2H3,(H,14,18). The molecule has 2 amide bonds. The molecule has 1 rings (SSSR count). The number of amides is 2. The van der Waals surface area contributed by atoms with Crippen LogP contribution in [0.15, 0.2) is 0 Å². The van der Waals surface area contributed by atoms with Gasteiger partial charge in [-0.05, 0) is 13.8 Å². The number of halogens is 2. The molecule has 2 N–H and O–H groups in total. The van der Waals surface area contributed by atoms with E-state index in [4.69, 9.17) is 5.11 Å². The molecule has 7 heteroatoms. The minimum atomic E-state index is -3.32. The zero-order valence-electron chi connectivity index (χ0n) is 10.4. The lowest BCUT2D eigenvalue weighted by molar-refractivity contribution is -0.130. The number of likely N-dealkylation sites (tertiary alicyclic amines) is 1. The van der Waals surface area contributed by atoms with E-state index in [1.54, 1.807) is 4.90 Å². The Morgan fingerprint density at radius 3 is 2.67 bits per heavy atom. The maximum atomic E-state index is 12.7. The van der Waals surface area contributed by atoms with Crippen LogP contribution in [-0.4, -0.2) is 53.5 Å². The zero-order valence-corrected chi connectivity index (χ0v) is 10.4. The van der Waals surface area contributed by atoms with E-state index in [0.717, 1.165) is 0 Å². The Kier molecular flexibility index (Phi) is 4.61. The number of aliphatic hydroxyl groups excluding tert-OH is 1. The van der Waals surface area contributed by atoms with Crippen molar-refractivity contribution in [2.24, 2.45) is 5.92 Å². The summed E-state index contributed by atoms with van der Waals surface area (Å²) in [6.07, 6.45) is 0.0503. The van der Waals surface area contributed by atoms with Crippen molar-refractivity contribution in [1.29, 1.82) is 0 Å². The Balaban J connectivity index is 2.48.